The second kappa shape index (κ2) is 7.48. The number of aliphatic hydroxyl groups excluding tert-OH is 1. The summed E-state index contributed by atoms with van der Waals surface area (Å²) in [5.74, 6) is -1.70. The van der Waals surface area contributed by atoms with E-state index in [1.807, 2.05) is 26.0 Å². The molecule has 2 unspecified atom stereocenters. The van der Waals surface area contributed by atoms with E-state index in [4.69, 9.17) is 4.74 Å². The first kappa shape index (κ1) is 19.4. The van der Waals surface area contributed by atoms with Crippen LogP contribution in [0.15, 0.2) is 40.3 Å². The van der Waals surface area contributed by atoms with Crippen molar-refractivity contribution in [3.8, 4) is 0 Å². The van der Waals surface area contributed by atoms with Crippen LogP contribution in [0.1, 0.15) is 53.8 Å². The van der Waals surface area contributed by atoms with Crippen LogP contribution in [0.3, 0.4) is 0 Å². The molecule has 28 heavy (non-hydrogen) atoms. The van der Waals surface area contributed by atoms with Crippen molar-refractivity contribution in [3.63, 3.8) is 0 Å². The molecule has 1 fully saturated rings. The zero-order valence-electron chi connectivity index (χ0n) is 16.1. The van der Waals surface area contributed by atoms with Crippen LogP contribution < -0.4 is 0 Å². The first-order chi connectivity index (χ1) is 13.4. The number of aryl methyl sites for hydroxylation is 1. The minimum absolute atomic E-state index is 0.00842. The van der Waals surface area contributed by atoms with Crippen LogP contribution in [0.5, 0.6) is 0 Å². The highest BCUT2D eigenvalue weighted by molar-refractivity contribution is 7.12. The van der Waals surface area contributed by atoms with Gasteiger partial charge in [0.1, 0.15) is 0 Å². The molecule has 1 aliphatic heterocycles. The number of aliphatic hydroxyl groups is 1. The van der Waals surface area contributed by atoms with Crippen LogP contribution in [0, 0.1) is 12.3 Å². The Morgan fingerprint density at radius 2 is 2.07 bits per heavy atom. The second-order valence-corrected chi connectivity index (χ2v) is 10.0. The zero-order valence-corrected chi connectivity index (χ0v) is 17.7. The summed E-state index contributed by atoms with van der Waals surface area (Å²) in [5.41, 5.74) is 1.39. The summed E-state index contributed by atoms with van der Waals surface area (Å²) in [6, 6.07) is 6.04. The molecule has 148 valence electrons. The van der Waals surface area contributed by atoms with Crippen LogP contribution in [-0.2, 0) is 20.7 Å². The summed E-state index contributed by atoms with van der Waals surface area (Å²) < 4.78 is 5.59. The molecule has 2 atom stereocenters. The molecule has 0 amide bonds. The summed E-state index contributed by atoms with van der Waals surface area (Å²) >= 11 is 3.24. The minimum atomic E-state index is -0.875. The molecule has 3 heterocycles. The Hall–Kier alpha value is -1.92. The van der Waals surface area contributed by atoms with E-state index in [-0.39, 0.29) is 16.9 Å². The van der Waals surface area contributed by atoms with Gasteiger partial charge in [0.15, 0.2) is 11.9 Å². The van der Waals surface area contributed by atoms with Crippen molar-refractivity contribution in [2.24, 2.45) is 5.41 Å². The van der Waals surface area contributed by atoms with Gasteiger partial charge in [0, 0.05) is 15.7 Å². The van der Waals surface area contributed by atoms with Gasteiger partial charge in [-0.1, -0.05) is 6.92 Å². The van der Waals surface area contributed by atoms with Gasteiger partial charge in [0.05, 0.1) is 5.57 Å². The molecule has 6 heteroatoms. The SMILES string of the molecule is CCC(C1=C(O)C(=O)C(CC2(Cc3ccsc3)CC2)OC1=O)c1ccc(C)s1. The normalized spacial score (nSPS) is 22.3. The molecular formula is C22H24O4S2. The first-order valence-corrected chi connectivity index (χ1v) is 11.4. The number of thiophene rings is 2. The Balaban J connectivity index is 1.55. The van der Waals surface area contributed by atoms with Crippen LogP contribution in [0.4, 0.5) is 0 Å². The van der Waals surface area contributed by atoms with Crippen molar-refractivity contribution in [2.75, 3.05) is 0 Å². The Bertz CT molecular complexity index is 918. The maximum absolute atomic E-state index is 12.9. The Kier molecular flexibility index (Phi) is 5.19. The molecule has 2 aliphatic rings. The van der Waals surface area contributed by atoms with Gasteiger partial charge < -0.3 is 9.84 Å². The van der Waals surface area contributed by atoms with E-state index in [2.05, 4.69) is 16.8 Å². The van der Waals surface area contributed by atoms with Gasteiger partial charge in [0.25, 0.3) is 0 Å². The molecule has 0 spiro atoms. The van der Waals surface area contributed by atoms with E-state index < -0.39 is 23.6 Å². The highest BCUT2D eigenvalue weighted by atomic mass is 32.1. The number of rotatable bonds is 7. The summed E-state index contributed by atoms with van der Waals surface area (Å²) in [6.45, 7) is 3.95. The minimum Gasteiger partial charge on any atom is -0.504 e. The predicted molar refractivity (Wildman–Crippen MR) is 111 cm³/mol. The lowest BCUT2D eigenvalue weighted by Gasteiger charge is -2.29. The second-order valence-electron chi connectivity index (χ2n) is 7.94. The van der Waals surface area contributed by atoms with Gasteiger partial charge >= 0.3 is 5.97 Å². The number of esters is 1. The number of hydrogen-bond acceptors (Lipinski definition) is 6. The van der Waals surface area contributed by atoms with Crippen LogP contribution in [-0.4, -0.2) is 23.0 Å². The highest BCUT2D eigenvalue weighted by Gasteiger charge is 2.49. The topological polar surface area (TPSA) is 63.6 Å². The summed E-state index contributed by atoms with van der Waals surface area (Å²) in [6.07, 6.45) is 3.16. The monoisotopic (exact) mass is 416 g/mol. The molecule has 2 aromatic rings. The van der Waals surface area contributed by atoms with Gasteiger partial charge in [-0.2, -0.15) is 11.3 Å². The van der Waals surface area contributed by atoms with Gasteiger partial charge in [-0.05, 0) is 79.0 Å². The average Bonchev–Trinajstić information content (AvgIpc) is 3.03. The molecule has 0 saturated heterocycles. The van der Waals surface area contributed by atoms with Crippen LogP contribution in [0.2, 0.25) is 0 Å². The number of cyclic esters (lactones) is 1. The fourth-order valence-electron chi connectivity index (χ4n) is 4.11. The predicted octanol–water partition coefficient (Wildman–Crippen LogP) is 5.33. The van der Waals surface area contributed by atoms with E-state index in [9.17, 15) is 14.7 Å². The number of hydrogen-bond donors (Lipinski definition) is 1. The molecule has 1 N–H and O–H groups in total. The summed E-state index contributed by atoms with van der Waals surface area (Å²) in [7, 11) is 0. The molecule has 0 aromatic carbocycles. The number of carbonyl (C=O) groups excluding carboxylic acids is 2. The van der Waals surface area contributed by atoms with Crippen molar-refractivity contribution in [2.45, 2.75) is 58.0 Å². The van der Waals surface area contributed by atoms with Crippen molar-refractivity contribution >= 4 is 34.4 Å². The summed E-state index contributed by atoms with van der Waals surface area (Å²) in [5, 5.41) is 14.8. The molecule has 1 saturated carbocycles. The number of ether oxygens (including phenoxy) is 1. The van der Waals surface area contributed by atoms with Gasteiger partial charge in [-0.25, -0.2) is 4.79 Å². The summed E-state index contributed by atoms with van der Waals surface area (Å²) in [4.78, 5) is 27.7. The van der Waals surface area contributed by atoms with Gasteiger partial charge in [-0.3, -0.25) is 4.79 Å². The highest BCUT2D eigenvalue weighted by Crippen LogP contribution is 2.53. The average molecular weight is 417 g/mol. The third kappa shape index (κ3) is 3.67. The Morgan fingerprint density at radius 3 is 2.64 bits per heavy atom. The molecule has 4 rings (SSSR count). The molecule has 0 radical (unpaired) electrons. The van der Waals surface area contributed by atoms with Crippen LogP contribution >= 0.6 is 22.7 Å². The van der Waals surface area contributed by atoms with Crippen molar-refractivity contribution < 1.29 is 19.4 Å². The fourth-order valence-corrected chi connectivity index (χ4v) is 5.85. The zero-order chi connectivity index (χ0) is 19.9. The fraction of sp³-hybridized carbons (Fsp3) is 0.455. The van der Waals surface area contributed by atoms with E-state index in [1.165, 1.54) is 5.56 Å². The maximum atomic E-state index is 12.9. The molecule has 0 bridgehead atoms. The quantitative estimate of drug-likeness (QED) is 0.620. The van der Waals surface area contributed by atoms with Crippen molar-refractivity contribution in [1.82, 2.24) is 0 Å². The van der Waals surface area contributed by atoms with E-state index >= 15 is 0 Å². The number of ketones is 1. The smallest absolute Gasteiger partial charge is 0.339 e. The first-order valence-electron chi connectivity index (χ1n) is 9.68. The van der Waals surface area contributed by atoms with Crippen LogP contribution in [0.25, 0.3) is 0 Å². The van der Waals surface area contributed by atoms with E-state index in [0.29, 0.717) is 12.8 Å². The lowest BCUT2D eigenvalue weighted by Crippen LogP contribution is -2.39. The Labute approximate surface area is 172 Å². The standard InChI is InChI=1S/C22H24O4S2/c1-3-15(17-5-4-13(2)28-17)18-20(24)19(23)16(26-21(18)25)11-22(7-8-22)10-14-6-9-27-12-14/h4-6,9,12,15-16,24H,3,7-8,10-11H2,1-2H3. The van der Waals surface area contributed by atoms with Crippen molar-refractivity contribution in [3.05, 3.63) is 55.6 Å². The maximum Gasteiger partial charge on any atom is 0.339 e. The largest absolute Gasteiger partial charge is 0.504 e. The number of Topliss-reactive ketones (excluding diaryl/α,β-unsaturated/α-hetero) is 1. The lowest BCUT2D eigenvalue weighted by atomic mass is 9.86. The van der Waals surface area contributed by atoms with Gasteiger partial charge in [0.2, 0.25) is 5.78 Å². The van der Waals surface area contributed by atoms with E-state index in [0.717, 1.165) is 29.0 Å². The number of carbonyl (C=O) groups is 2. The molecular weight excluding hydrogens is 392 g/mol. The van der Waals surface area contributed by atoms with E-state index in [1.54, 1.807) is 22.7 Å². The van der Waals surface area contributed by atoms with Crippen molar-refractivity contribution in [1.29, 1.82) is 0 Å². The third-order valence-electron chi connectivity index (χ3n) is 5.85. The third-order valence-corrected chi connectivity index (χ3v) is 7.69. The Morgan fingerprint density at radius 1 is 1.29 bits per heavy atom. The molecule has 1 aliphatic carbocycles. The molecule has 2 aromatic heterocycles. The van der Waals surface area contributed by atoms with Gasteiger partial charge in [-0.15, -0.1) is 11.3 Å². The lowest BCUT2D eigenvalue weighted by molar-refractivity contribution is -0.155. The molecule has 4 nitrogen and oxygen atoms in total.